The molecule has 7 nitrogen and oxygen atoms in total. The lowest BCUT2D eigenvalue weighted by Gasteiger charge is -2.05. The second kappa shape index (κ2) is 5.20. The van der Waals surface area contributed by atoms with Crippen LogP contribution >= 0.6 is 0 Å². The van der Waals surface area contributed by atoms with Gasteiger partial charge < -0.3 is 9.88 Å². The van der Waals surface area contributed by atoms with Gasteiger partial charge in [-0.05, 0) is 12.1 Å². The van der Waals surface area contributed by atoms with Crippen molar-refractivity contribution in [1.29, 1.82) is 0 Å². The number of hydrogen-bond acceptors (Lipinski definition) is 4. The number of hydrogen-bond donors (Lipinski definition) is 1. The van der Waals surface area contributed by atoms with E-state index in [0.29, 0.717) is 17.8 Å². The van der Waals surface area contributed by atoms with Gasteiger partial charge in [0.25, 0.3) is 5.91 Å². The summed E-state index contributed by atoms with van der Waals surface area (Å²) >= 11 is 0. The van der Waals surface area contributed by atoms with Gasteiger partial charge in [-0.15, -0.1) is 0 Å². The zero-order valence-electron chi connectivity index (χ0n) is 12.5. The predicted octanol–water partition coefficient (Wildman–Crippen LogP) is 1.55. The summed E-state index contributed by atoms with van der Waals surface area (Å²) in [5, 5.41) is 7.11. The van der Waals surface area contributed by atoms with E-state index in [4.69, 9.17) is 0 Å². The van der Waals surface area contributed by atoms with Crippen molar-refractivity contribution in [1.82, 2.24) is 29.5 Å². The molecule has 0 radical (unpaired) electrons. The fourth-order valence-electron chi connectivity index (χ4n) is 2.58. The standard InChI is InChI=1S/C16H14N6O/c1-21-6-7-22-16(21)11(9-19-22)8-18-15(23)14-10-17-12-4-2-3-5-13(12)20-14/h2-7,9-10H,8H2,1H3,(H,18,23). The maximum atomic E-state index is 12.3. The molecule has 23 heavy (non-hydrogen) atoms. The Balaban J connectivity index is 1.56. The van der Waals surface area contributed by atoms with Crippen LogP contribution in [0.5, 0.6) is 0 Å². The largest absolute Gasteiger partial charge is 0.346 e. The molecule has 1 amide bonds. The SMILES string of the molecule is Cn1ccn2ncc(CNC(=O)c3cnc4ccccc4n3)c12. The van der Waals surface area contributed by atoms with E-state index < -0.39 is 0 Å². The lowest BCUT2D eigenvalue weighted by Crippen LogP contribution is -2.24. The van der Waals surface area contributed by atoms with E-state index in [1.807, 2.05) is 48.3 Å². The normalized spacial score (nSPS) is 11.2. The molecule has 7 heteroatoms. The number of benzene rings is 1. The van der Waals surface area contributed by atoms with Crippen LogP contribution in [0.15, 0.2) is 49.1 Å². The number of aromatic nitrogens is 5. The summed E-state index contributed by atoms with van der Waals surface area (Å²) in [5.41, 5.74) is 3.68. The highest BCUT2D eigenvalue weighted by atomic mass is 16.1. The van der Waals surface area contributed by atoms with Crippen molar-refractivity contribution in [3.63, 3.8) is 0 Å². The minimum absolute atomic E-state index is 0.253. The first kappa shape index (κ1) is 13.4. The Morgan fingerprint density at radius 3 is 2.87 bits per heavy atom. The maximum Gasteiger partial charge on any atom is 0.271 e. The lowest BCUT2D eigenvalue weighted by molar-refractivity contribution is 0.0946. The molecule has 0 aliphatic carbocycles. The molecule has 3 aromatic heterocycles. The Morgan fingerprint density at radius 2 is 2.00 bits per heavy atom. The van der Waals surface area contributed by atoms with Gasteiger partial charge in [0.2, 0.25) is 0 Å². The number of fused-ring (bicyclic) bond motifs is 2. The van der Waals surface area contributed by atoms with Gasteiger partial charge in [-0.3, -0.25) is 9.78 Å². The van der Waals surface area contributed by atoms with Crippen LogP contribution in [0.4, 0.5) is 0 Å². The molecule has 0 spiro atoms. The monoisotopic (exact) mass is 306 g/mol. The van der Waals surface area contributed by atoms with Gasteiger partial charge in [-0.1, -0.05) is 12.1 Å². The van der Waals surface area contributed by atoms with Crippen LogP contribution < -0.4 is 5.32 Å². The number of amides is 1. The fourth-order valence-corrected chi connectivity index (χ4v) is 2.58. The van der Waals surface area contributed by atoms with Crippen molar-refractivity contribution >= 4 is 22.6 Å². The topological polar surface area (TPSA) is 77.1 Å². The van der Waals surface area contributed by atoms with Crippen molar-refractivity contribution in [2.75, 3.05) is 0 Å². The molecule has 0 saturated heterocycles. The average molecular weight is 306 g/mol. The summed E-state index contributed by atoms with van der Waals surface area (Å²) in [5.74, 6) is -0.253. The molecule has 0 saturated carbocycles. The van der Waals surface area contributed by atoms with Crippen LogP contribution in [0.25, 0.3) is 16.7 Å². The van der Waals surface area contributed by atoms with Gasteiger partial charge in [0.15, 0.2) is 0 Å². The molecule has 0 bridgehead atoms. The van der Waals surface area contributed by atoms with Gasteiger partial charge in [-0.2, -0.15) is 5.10 Å². The van der Waals surface area contributed by atoms with E-state index in [1.54, 1.807) is 10.7 Å². The first-order valence-corrected chi connectivity index (χ1v) is 7.20. The fraction of sp³-hybridized carbons (Fsp3) is 0.125. The van der Waals surface area contributed by atoms with Crippen LogP contribution in [0.2, 0.25) is 0 Å². The highest BCUT2D eigenvalue weighted by Gasteiger charge is 2.12. The summed E-state index contributed by atoms with van der Waals surface area (Å²) in [6.07, 6.45) is 7.04. The number of aryl methyl sites for hydroxylation is 1. The highest BCUT2D eigenvalue weighted by Crippen LogP contribution is 2.11. The Labute approximate surface area is 131 Å². The molecule has 1 aromatic carbocycles. The molecular weight excluding hydrogens is 292 g/mol. The number of rotatable bonds is 3. The van der Waals surface area contributed by atoms with Crippen molar-refractivity contribution < 1.29 is 4.79 Å². The summed E-state index contributed by atoms with van der Waals surface area (Å²) in [6.45, 7) is 0.384. The average Bonchev–Trinajstić information content (AvgIpc) is 3.15. The van der Waals surface area contributed by atoms with Crippen LogP contribution in [-0.4, -0.2) is 30.1 Å². The van der Waals surface area contributed by atoms with Gasteiger partial charge in [0.1, 0.15) is 11.3 Å². The summed E-state index contributed by atoms with van der Waals surface area (Å²) in [4.78, 5) is 20.9. The van der Waals surface area contributed by atoms with Gasteiger partial charge in [0.05, 0.1) is 23.4 Å². The molecule has 3 heterocycles. The zero-order valence-corrected chi connectivity index (χ0v) is 12.5. The van der Waals surface area contributed by atoms with E-state index in [9.17, 15) is 4.79 Å². The first-order valence-electron chi connectivity index (χ1n) is 7.20. The molecule has 0 atom stereocenters. The summed E-state index contributed by atoms with van der Waals surface area (Å²) in [6, 6.07) is 7.47. The van der Waals surface area contributed by atoms with Gasteiger partial charge in [-0.25, -0.2) is 9.50 Å². The molecule has 0 aliphatic heterocycles. The molecular formula is C16H14N6O. The molecule has 114 valence electrons. The molecule has 1 N–H and O–H groups in total. The molecule has 0 unspecified atom stereocenters. The van der Waals surface area contributed by atoms with Crippen molar-refractivity contribution in [2.24, 2.45) is 7.05 Å². The third kappa shape index (κ3) is 2.32. The third-order valence-corrected chi connectivity index (χ3v) is 3.73. The number of para-hydroxylation sites is 2. The van der Waals surface area contributed by atoms with Gasteiger partial charge in [0, 0.05) is 31.5 Å². The van der Waals surface area contributed by atoms with Crippen LogP contribution in [0, 0.1) is 0 Å². The van der Waals surface area contributed by atoms with Crippen LogP contribution in [-0.2, 0) is 13.6 Å². The van der Waals surface area contributed by atoms with E-state index >= 15 is 0 Å². The van der Waals surface area contributed by atoms with Crippen molar-refractivity contribution in [3.8, 4) is 0 Å². The number of carbonyl (C=O) groups is 1. The quantitative estimate of drug-likeness (QED) is 0.623. The number of nitrogens with zero attached hydrogens (tertiary/aromatic N) is 5. The highest BCUT2D eigenvalue weighted by molar-refractivity contribution is 5.93. The van der Waals surface area contributed by atoms with E-state index in [0.717, 1.165) is 16.7 Å². The third-order valence-electron chi connectivity index (χ3n) is 3.73. The summed E-state index contributed by atoms with van der Waals surface area (Å²) < 4.78 is 3.74. The number of carbonyl (C=O) groups excluding carboxylic acids is 1. The number of imidazole rings is 1. The second-order valence-corrected chi connectivity index (χ2v) is 5.27. The summed E-state index contributed by atoms with van der Waals surface area (Å²) in [7, 11) is 1.94. The molecule has 4 aromatic rings. The second-order valence-electron chi connectivity index (χ2n) is 5.27. The predicted molar refractivity (Wildman–Crippen MR) is 84.9 cm³/mol. The number of nitrogens with one attached hydrogen (secondary N) is 1. The van der Waals surface area contributed by atoms with Crippen molar-refractivity contribution in [2.45, 2.75) is 6.54 Å². The molecule has 0 aliphatic rings. The molecule has 4 rings (SSSR count). The first-order chi connectivity index (χ1) is 11.2. The Morgan fingerprint density at radius 1 is 1.17 bits per heavy atom. The van der Waals surface area contributed by atoms with E-state index in [1.165, 1.54) is 6.20 Å². The smallest absolute Gasteiger partial charge is 0.271 e. The van der Waals surface area contributed by atoms with E-state index in [2.05, 4.69) is 20.4 Å². The van der Waals surface area contributed by atoms with Crippen molar-refractivity contribution in [3.05, 3.63) is 60.3 Å². The Hall–Kier alpha value is -3.22. The molecule has 0 fully saturated rings. The lowest BCUT2D eigenvalue weighted by atomic mass is 10.3. The van der Waals surface area contributed by atoms with Crippen LogP contribution in [0.1, 0.15) is 16.1 Å². The maximum absolute atomic E-state index is 12.3. The zero-order chi connectivity index (χ0) is 15.8. The Kier molecular flexibility index (Phi) is 3.04. The van der Waals surface area contributed by atoms with Crippen LogP contribution in [0.3, 0.4) is 0 Å². The minimum atomic E-state index is -0.253. The minimum Gasteiger partial charge on any atom is -0.346 e. The Bertz CT molecular complexity index is 1020. The van der Waals surface area contributed by atoms with Gasteiger partial charge >= 0.3 is 0 Å². The van der Waals surface area contributed by atoms with E-state index in [-0.39, 0.29) is 5.91 Å².